The second-order valence-corrected chi connectivity index (χ2v) is 4.89. The third-order valence-corrected chi connectivity index (χ3v) is 3.06. The maximum absolute atomic E-state index is 11.4. The van der Waals surface area contributed by atoms with Gasteiger partial charge in [0.15, 0.2) is 0 Å². The summed E-state index contributed by atoms with van der Waals surface area (Å²) in [6.45, 7) is 6.14. The Balaban J connectivity index is 3.25. The molecule has 0 aromatic heterocycles. The molecule has 2 nitrogen and oxygen atoms in total. The van der Waals surface area contributed by atoms with Crippen molar-refractivity contribution < 1.29 is 9.53 Å². The number of rotatable bonds is 11. The fourth-order valence-electron chi connectivity index (χ4n) is 1.71. The van der Waals surface area contributed by atoms with Crippen molar-refractivity contribution in [2.75, 3.05) is 0 Å². The van der Waals surface area contributed by atoms with Crippen LogP contribution >= 0.6 is 0 Å². The predicted molar refractivity (Wildman–Crippen MR) is 77.6 cm³/mol. The van der Waals surface area contributed by atoms with E-state index in [1.54, 1.807) is 0 Å². The minimum Gasteiger partial charge on any atom is -0.463 e. The van der Waals surface area contributed by atoms with Crippen LogP contribution in [0.3, 0.4) is 0 Å². The van der Waals surface area contributed by atoms with Gasteiger partial charge in [0.05, 0.1) is 6.10 Å². The zero-order valence-electron chi connectivity index (χ0n) is 12.4. The topological polar surface area (TPSA) is 26.3 Å². The first-order chi connectivity index (χ1) is 8.70. The summed E-state index contributed by atoms with van der Waals surface area (Å²) < 4.78 is 5.22. The minimum atomic E-state index is -0.0322. The first-order valence-electron chi connectivity index (χ1n) is 7.55. The number of hydrogen-bond acceptors (Lipinski definition) is 2. The number of carbonyl (C=O) groups excluding carboxylic acids is 1. The molecule has 0 saturated heterocycles. The van der Waals surface area contributed by atoms with E-state index in [1.165, 1.54) is 25.7 Å². The fourth-order valence-corrected chi connectivity index (χ4v) is 1.71. The summed E-state index contributed by atoms with van der Waals surface area (Å²) in [5.74, 6) is -0.0322. The second-order valence-electron chi connectivity index (χ2n) is 4.89. The molecular weight excluding hydrogens is 224 g/mol. The molecule has 0 amide bonds. The van der Waals surface area contributed by atoms with E-state index in [0.29, 0.717) is 6.42 Å². The van der Waals surface area contributed by atoms with Gasteiger partial charge < -0.3 is 4.74 Å². The van der Waals surface area contributed by atoms with E-state index in [1.807, 2.05) is 13.8 Å². The smallest absolute Gasteiger partial charge is 0.306 e. The molecule has 1 atom stereocenters. The summed E-state index contributed by atoms with van der Waals surface area (Å²) in [4.78, 5) is 11.4. The molecule has 0 saturated carbocycles. The number of allylic oxidation sites excluding steroid dienone is 2. The second kappa shape index (κ2) is 12.7. The molecule has 0 aliphatic heterocycles. The van der Waals surface area contributed by atoms with Gasteiger partial charge in [-0.05, 0) is 39.0 Å². The number of hydrogen-bond donors (Lipinski definition) is 0. The fraction of sp³-hybridized carbons (Fsp3) is 0.812. The van der Waals surface area contributed by atoms with Crippen molar-refractivity contribution in [3.8, 4) is 0 Å². The molecular formula is C16H30O2. The van der Waals surface area contributed by atoms with Crippen molar-refractivity contribution in [1.82, 2.24) is 0 Å². The molecule has 0 rings (SSSR count). The average molecular weight is 254 g/mol. The standard InChI is InChI=1S/C16H30O2/c1-4-6-7-8-9-10-11-12-13-14-16(17)18-15(3)5-2/h6-7,15H,4-5,8-14H2,1-3H3. The zero-order valence-corrected chi connectivity index (χ0v) is 12.4. The first kappa shape index (κ1) is 17.2. The Bertz CT molecular complexity index is 221. The van der Waals surface area contributed by atoms with Crippen LogP contribution in [0.4, 0.5) is 0 Å². The third-order valence-electron chi connectivity index (χ3n) is 3.06. The van der Waals surface area contributed by atoms with Gasteiger partial charge in [0.25, 0.3) is 0 Å². The van der Waals surface area contributed by atoms with Gasteiger partial charge in [-0.2, -0.15) is 0 Å². The van der Waals surface area contributed by atoms with Gasteiger partial charge in [-0.25, -0.2) is 0 Å². The van der Waals surface area contributed by atoms with Crippen molar-refractivity contribution >= 4 is 5.97 Å². The van der Waals surface area contributed by atoms with Crippen LogP contribution in [0.1, 0.15) is 78.6 Å². The van der Waals surface area contributed by atoms with E-state index in [-0.39, 0.29) is 12.1 Å². The molecule has 0 aliphatic carbocycles. The summed E-state index contributed by atoms with van der Waals surface area (Å²) in [6, 6.07) is 0. The SMILES string of the molecule is CCC=CCCCCCCCC(=O)OC(C)CC. The number of ether oxygens (including phenoxy) is 1. The summed E-state index contributed by atoms with van der Waals surface area (Å²) in [5.41, 5.74) is 0. The van der Waals surface area contributed by atoms with Gasteiger partial charge >= 0.3 is 5.97 Å². The highest BCUT2D eigenvalue weighted by Gasteiger charge is 2.06. The summed E-state index contributed by atoms with van der Waals surface area (Å²) in [5, 5.41) is 0. The highest BCUT2D eigenvalue weighted by atomic mass is 16.5. The molecule has 106 valence electrons. The molecule has 0 fully saturated rings. The van der Waals surface area contributed by atoms with Gasteiger partial charge in [0.2, 0.25) is 0 Å². The Labute approximate surface area is 113 Å². The molecule has 2 heteroatoms. The van der Waals surface area contributed by atoms with Crippen molar-refractivity contribution in [2.45, 2.75) is 84.7 Å². The van der Waals surface area contributed by atoms with Crippen LogP contribution < -0.4 is 0 Å². The summed E-state index contributed by atoms with van der Waals surface area (Å²) in [6.07, 6.45) is 14.3. The van der Waals surface area contributed by atoms with Crippen LogP contribution in [-0.4, -0.2) is 12.1 Å². The minimum absolute atomic E-state index is 0.0322. The highest BCUT2D eigenvalue weighted by Crippen LogP contribution is 2.09. The largest absolute Gasteiger partial charge is 0.463 e. The Hall–Kier alpha value is -0.790. The van der Waals surface area contributed by atoms with Crippen molar-refractivity contribution in [3.63, 3.8) is 0 Å². The van der Waals surface area contributed by atoms with Crippen LogP contribution in [0, 0.1) is 0 Å². The quantitative estimate of drug-likeness (QED) is 0.294. The van der Waals surface area contributed by atoms with E-state index in [9.17, 15) is 4.79 Å². The van der Waals surface area contributed by atoms with Crippen molar-refractivity contribution in [1.29, 1.82) is 0 Å². The third kappa shape index (κ3) is 11.7. The van der Waals surface area contributed by atoms with E-state index < -0.39 is 0 Å². The van der Waals surface area contributed by atoms with Crippen LogP contribution in [0.2, 0.25) is 0 Å². The molecule has 18 heavy (non-hydrogen) atoms. The zero-order chi connectivity index (χ0) is 13.6. The molecule has 0 spiro atoms. The maximum Gasteiger partial charge on any atom is 0.306 e. The number of esters is 1. The van der Waals surface area contributed by atoms with E-state index in [4.69, 9.17) is 4.74 Å². The highest BCUT2D eigenvalue weighted by molar-refractivity contribution is 5.69. The van der Waals surface area contributed by atoms with Crippen molar-refractivity contribution in [2.24, 2.45) is 0 Å². The molecule has 0 aromatic carbocycles. The summed E-state index contributed by atoms with van der Waals surface area (Å²) >= 11 is 0. The van der Waals surface area contributed by atoms with Crippen molar-refractivity contribution in [3.05, 3.63) is 12.2 Å². The molecule has 0 heterocycles. The lowest BCUT2D eigenvalue weighted by Gasteiger charge is -2.10. The van der Waals surface area contributed by atoms with Crippen LogP contribution in [0.5, 0.6) is 0 Å². The molecule has 0 N–H and O–H groups in total. The lowest BCUT2D eigenvalue weighted by molar-refractivity contribution is -0.148. The number of unbranched alkanes of at least 4 members (excludes halogenated alkanes) is 5. The van der Waals surface area contributed by atoms with E-state index >= 15 is 0 Å². The normalized spacial score (nSPS) is 12.8. The Morgan fingerprint density at radius 3 is 2.39 bits per heavy atom. The monoisotopic (exact) mass is 254 g/mol. The molecule has 0 bridgehead atoms. The predicted octanol–water partition coefficient (Wildman–Crippen LogP) is 5.03. The van der Waals surface area contributed by atoms with Gasteiger partial charge in [-0.3, -0.25) is 4.79 Å². The van der Waals surface area contributed by atoms with E-state index in [2.05, 4.69) is 19.1 Å². The Morgan fingerprint density at radius 1 is 1.06 bits per heavy atom. The average Bonchev–Trinajstić information content (AvgIpc) is 2.36. The van der Waals surface area contributed by atoms with E-state index in [0.717, 1.165) is 25.7 Å². The number of carbonyl (C=O) groups is 1. The first-order valence-corrected chi connectivity index (χ1v) is 7.55. The Kier molecular flexibility index (Phi) is 12.1. The van der Waals surface area contributed by atoms with Crippen LogP contribution in [-0.2, 0) is 9.53 Å². The van der Waals surface area contributed by atoms with Crippen LogP contribution in [0.15, 0.2) is 12.2 Å². The van der Waals surface area contributed by atoms with Gasteiger partial charge in [-0.15, -0.1) is 0 Å². The van der Waals surface area contributed by atoms with Crippen LogP contribution in [0.25, 0.3) is 0 Å². The molecule has 1 unspecified atom stereocenters. The Morgan fingerprint density at radius 2 is 1.72 bits per heavy atom. The van der Waals surface area contributed by atoms with Gasteiger partial charge in [-0.1, -0.05) is 45.3 Å². The van der Waals surface area contributed by atoms with Gasteiger partial charge in [0, 0.05) is 6.42 Å². The molecule has 0 aliphatic rings. The molecule has 0 aromatic rings. The lowest BCUT2D eigenvalue weighted by Crippen LogP contribution is -2.13. The van der Waals surface area contributed by atoms with Gasteiger partial charge in [0.1, 0.15) is 0 Å². The maximum atomic E-state index is 11.4. The lowest BCUT2D eigenvalue weighted by atomic mass is 10.1. The summed E-state index contributed by atoms with van der Waals surface area (Å²) in [7, 11) is 0. The molecule has 0 radical (unpaired) electrons.